The van der Waals surface area contributed by atoms with E-state index >= 15 is 0 Å². The van der Waals surface area contributed by atoms with Crippen molar-refractivity contribution in [2.75, 3.05) is 6.61 Å². The number of rotatable bonds is 6. The van der Waals surface area contributed by atoms with Gasteiger partial charge in [0, 0.05) is 6.61 Å². The maximum atomic E-state index is 6.12. The van der Waals surface area contributed by atoms with Crippen molar-refractivity contribution in [2.45, 2.75) is 97.4 Å². The normalized spacial score (nSPS) is 20.8. The van der Waals surface area contributed by atoms with Gasteiger partial charge in [-0.15, -0.1) is 0 Å². The van der Waals surface area contributed by atoms with E-state index in [4.69, 9.17) is 35.8 Å². The SMILES string of the molecule is C[Si]1(C)CCCCO[Si](C)(C)O1.[B][Si](C)(C)O[Si](C)(C)O[Si](C)(C)O[Si]([B])(C)C. The van der Waals surface area contributed by atoms with Gasteiger partial charge in [-0.05, 0) is 64.8 Å². The number of hydrogen-bond donors (Lipinski definition) is 0. The molecule has 0 spiro atoms. The summed E-state index contributed by atoms with van der Waals surface area (Å²) in [6.07, 6.45) is 2.50. The fourth-order valence-electron chi connectivity index (χ4n) is 3.62. The molecule has 1 aliphatic rings. The van der Waals surface area contributed by atoms with Gasteiger partial charge in [-0.1, -0.05) is 32.6 Å². The van der Waals surface area contributed by atoms with E-state index in [-0.39, 0.29) is 0 Å². The third-order valence-electron chi connectivity index (χ3n) is 3.65. The first-order valence-corrected chi connectivity index (χ1v) is 28.1. The van der Waals surface area contributed by atoms with Crippen molar-refractivity contribution in [1.82, 2.24) is 0 Å². The Labute approximate surface area is 189 Å². The molecule has 29 heavy (non-hydrogen) atoms. The minimum Gasteiger partial charge on any atom is -0.445 e. The van der Waals surface area contributed by atoms with Crippen LogP contribution in [0.15, 0.2) is 0 Å². The summed E-state index contributed by atoms with van der Waals surface area (Å²) in [5.74, 6) is 0. The second-order valence-electron chi connectivity index (χ2n) is 10.9. The van der Waals surface area contributed by atoms with Gasteiger partial charge < -0.3 is 20.9 Å². The van der Waals surface area contributed by atoms with Crippen LogP contribution in [0.4, 0.5) is 0 Å². The van der Waals surface area contributed by atoms with Gasteiger partial charge in [-0.25, -0.2) is 0 Å². The summed E-state index contributed by atoms with van der Waals surface area (Å²) < 4.78 is 29.9. The zero-order valence-electron chi connectivity index (χ0n) is 21.0. The molecule has 0 N–H and O–H groups in total. The molecule has 0 saturated carbocycles. The fraction of sp³-hybridized carbons (Fsp3) is 1.00. The summed E-state index contributed by atoms with van der Waals surface area (Å²) in [6.45, 7) is 25.7. The molecule has 168 valence electrons. The highest BCUT2D eigenvalue weighted by Gasteiger charge is 2.40. The topological polar surface area (TPSA) is 46.2 Å². The smallest absolute Gasteiger partial charge is 0.321 e. The average Bonchev–Trinajstić information content (AvgIpc) is 2.27. The second-order valence-corrected chi connectivity index (χ2v) is 33.3. The predicted octanol–water partition coefficient (Wildman–Crippen LogP) is 4.90. The molecule has 1 fully saturated rings. The standard InChI is InChI=1S/C8H24B2O3Si4.C8H20O2Si2/c1-14(2,9)11-16(5,6)13-17(7,8)12-15(3,4)10;1-11(2)8-6-5-7-9-12(3,4)10-11/h1-8H3;5-8H2,1-4H3. The highest BCUT2D eigenvalue weighted by Crippen LogP contribution is 2.24. The fourth-order valence-corrected chi connectivity index (χ4v) is 27.3. The lowest BCUT2D eigenvalue weighted by molar-refractivity contribution is 0.231. The van der Waals surface area contributed by atoms with Gasteiger partial charge in [-0.2, -0.15) is 0 Å². The lowest BCUT2D eigenvalue weighted by Gasteiger charge is -2.40. The van der Waals surface area contributed by atoms with Crippen LogP contribution in [0.5, 0.6) is 0 Å². The molecule has 0 aromatic heterocycles. The lowest BCUT2D eigenvalue weighted by atomic mass is 10.4. The van der Waals surface area contributed by atoms with Crippen molar-refractivity contribution in [2.24, 2.45) is 0 Å². The van der Waals surface area contributed by atoms with E-state index in [9.17, 15) is 0 Å². The monoisotopic (exact) mass is 506 g/mol. The maximum absolute atomic E-state index is 6.12. The molecule has 0 amide bonds. The minimum absolute atomic E-state index is 0.906. The largest absolute Gasteiger partial charge is 0.445 e. The molecule has 0 aliphatic carbocycles. The Morgan fingerprint density at radius 2 is 1.10 bits per heavy atom. The van der Waals surface area contributed by atoms with Crippen LogP contribution in [-0.2, 0) is 20.9 Å². The van der Waals surface area contributed by atoms with Crippen LogP contribution >= 0.6 is 0 Å². The Morgan fingerprint density at radius 1 is 0.690 bits per heavy atom. The quantitative estimate of drug-likeness (QED) is 0.480. The van der Waals surface area contributed by atoms with Gasteiger partial charge in [0.15, 0.2) is 8.32 Å². The molecule has 0 atom stereocenters. The van der Waals surface area contributed by atoms with Gasteiger partial charge in [0.25, 0.3) is 0 Å². The third-order valence-corrected chi connectivity index (χ3v) is 22.4. The van der Waals surface area contributed by atoms with Gasteiger partial charge >= 0.3 is 25.7 Å². The summed E-state index contributed by atoms with van der Waals surface area (Å²) in [5, 5.41) is 0. The second kappa shape index (κ2) is 10.9. The average molecular weight is 507 g/mol. The third kappa shape index (κ3) is 17.5. The summed E-state index contributed by atoms with van der Waals surface area (Å²) >= 11 is 0. The lowest BCUT2D eigenvalue weighted by Crippen LogP contribution is -2.56. The van der Waals surface area contributed by atoms with Gasteiger partial charge in [0.1, 0.15) is 16.4 Å². The minimum atomic E-state index is -2.23. The Bertz CT molecular complexity index is 465. The molecule has 0 aromatic carbocycles. The summed E-state index contributed by atoms with van der Waals surface area (Å²) in [6, 6.07) is 1.30. The van der Waals surface area contributed by atoms with Crippen LogP contribution < -0.4 is 0 Å². The summed E-state index contributed by atoms with van der Waals surface area (Å²) in [7, 11) is 0.274. The Balaban J connectivity index is 0.000000571. The van der Waals surface area contributed by atoms with Crippen molar-refractivity contribution >= 4 is 65.3 Å². The maximum Gasteiger partial charge on any atom is 0.321 e. The predicted molar refractivity (Wildman–Crippen MR) is 141 cm³/mol. The summed E-state index contributed by atoms with van der Waals surface area (Å²) in [5.41, 5.74) is 0. The van der Waals surface area contributed by atoms with Crippen molar-refractivity contribution < 1.29 is 20.9 Å². The van der Waals surface area contributed by atoms with Crippen LogP contribution in [0.1, 0.15) is 12.8 Å². The van der Waals surface area contributed by atoms with E-state index in [1.54, 1.807) is 0 Å². The number of hydrogen-bond acceptors (Lipinski definition) is 5. The Kier molecular flexibility index (Phi) is 11.4. The Hall–Kier alpha value is 1.23. The molecular weight excluding hydrogens is 462 g/mol. The van der Waals surface area contributed by atoms with Gasteiger partial charge in [0.05, 0.1) is 14.9 Å². The molecule has 5 nitrogen and oxygen atoms in total. The van der Waals surface area contributed by atoms with E-state index in [0.29, 0.717) is 0 Å². The highest BCUT2D eigenvalue weighted by molar-refractivity contribution is 7.15. The van der Waals surface area contributed by atoms with E-state index in [0.717, 1.165) is 6.61 Å². The van der Waals surface area contributed by atoms with Gasteiger partial charge in [0.2, 0.25) is 0 Å². The zero-order chi connectivity index (χ0) is 23.4. The van der Waals surface area contributed by atoms with Crippen LogP contribution in [-0.4, -0.2) is 71.9 Å². The van der Waals surface area contributed by atoms with Crippen molar-refractivity contribution in [1.29, 1.82) is 0 Å². The molecule has 4 radical (unpaired) electrons. The van der Waals surface area contributed by atoms with Crippen LogP contribution in [0, 0.1) is 0 Å². The molecule has 1 aliphatic heterocycles. The first kappa shape index (κ1) is 30.2. The van der Waals surface area contributed by atoms with Crippen molar-refractivity contribution in [3.63, 3.8) is 0 Å². The van der Waals surface area contributed by atoms with E-state index in [1.807, 2.05) is 52.4 Å². The summed E-state index contributed by atoms with van der Waals surface area (Å²) in [4.78, 5) is 0. The molecule has 1 saturated heterocycles. The Morgan fingerprint density at radius 3 is 1.48 bits per heavy atom. The van der Waals surface area contributed by atoms with Gasteiger partial charge in [-0.3, -0.25) is 0 Å². The molecule has 0 unspecified atom stereocenters. The zero-order valence-corrected chi connectivity index (χ0v) is 27.0. The molecule has 1 rings (SSSR count). The van der Waals surface area contributed by atoms with E-state index in [1.165, 1.54) is 18.9 Å². The van der Waals surface area contributed by atoms with Crippen LogP contribution in [0.3, 0.4) is 0 Å². The van der Waals surface area contributed by atoms with E-state index < -0.39 is 50.4 Å². The van der Waals surface area contributed by atoms with Crippen molar-refractivity contribution in [3.05, 3.63) is 0 Å². The van der Waals surface area contributed by atoms with Crippen LogP contribution in [0.2, 0.25) is 84.6 Å². The first-order chi connectivity index (χ1) is 12.5. The highest BCUT2D eigenvalue weighted by atomic mass is 28.5. The molecule has 0 aromatic rings. The molecular formula is C16H44B2O5Si6. The first-order valence-electron chi connectivity index (χ1n) is 10.6. The molecule has 0 bridgehead atoms. The van der Waals surface area contributed by atoms with Crippen LogP contribution in [0.25, 0.3) is 0 Å². The van der Waals surface area contributed by atoms with E-state index in [2.05, 4.69) is 26.2 Å². The molecule has 13 heteroatoms. The molecule has 1 heterocycles. The van der Waals surface area contributed by atoms with Crippen molar-refractivity contribution in [3.8, 4) is 0 Å².